The van der Waals surface area contributed by atoms with Crippen LogP contribution < -0.4 is 5.32 Å². The van der Waals surface area contributed by atoms with E-state index in [0.717, 1.165) is 0 Å². The average Bonchev–Trinajstić information content (AvgIpc) is 3.01. The van der Waals surface area contributed by atoms with Gasteiger partial charge >= 0.3 is 0 Å². The molecule has 0 spiro atoms. The van der Waals surface area contributed by atoms with Crippen LogP contribution in [0.2, 0.25) is 10.0 Å². The Hall–Kier alpha value is -2.57. The number of nitrogens with one attached hydrogen (secondary N) is 1. The van der Waals surface area contributed by atoms with Crippen molar-refractivity contribution in [2.24, 2.45) is 0 Å². The Morgan fingerprint density at radius 1 is 1.16 bits per heavy atom. The van der Waals surface area contributed by atoms with Crippen LogP contribution in [0, 0.1) is 0 Å². The first-order valence-electron chi connectivity index (χ1n) is 7.39. The van der Waals surface area contributed by atoms with Gasteiger partial charge in [0.1, 0.15) is 11.3 Å². The molecule has 2 amide bonds. The fraction of sp³-hybridized carbons (Fsp3) is 0.118. The summed E-state index contributed by atoms with van der Waals surface area (Å²) in [5.74, 6) is -0.765. The van der Waals surface area contributed by atoms with Crippen molar-refractivity contribution in [1.29, 1.82) is 0 Å². The number of carbonyl (C=O) groups excluding carboxylic acids is 2. The van der Waals surface area contributed by atoms with Crippen molar-refractivity contribution in [2.75, 3.05) is 18.9 Å². The summed E-state index contributed by atoms with van der Waals surface area (Å²) in [6, 6.07) is 10.4. The summed E-state index contributed by atoms with van der Waals surface area (Å²) in [6.45, 7) is -0.158. The lowest BCUT2D eigenvalue weighted by atomic mass is 10.3. The van der Waals surface area contributed by atoms with E-state index in [9.17, 15) is 9.59 Å². The maximum Gasteiger partial charge on any atom is 0.274 e. The number of imidazole rings is 1. The van der Waals surface area contributed by atoms with Gasteiger partial charge in [-0.1, -0.05) is 35.3 Å². The Morgan fingerprint density at radius 2 is 1.88 bits per heavy atom. The molecule has 128 valence electrons. The number of nitrogens with zero attached hydrogens (tertiary/aromatic N) is 3. The number of hydrogen-bond donors (Lipinski definition) is 1. The third kappa shape index (κ3) is 3.75. The van der Waals surface area contributed by atoms with Crippen molar-refractivity contribution < 1.29 is 9.59 Å². The van der Waals surface area contributed by atoms with E-state index in [0.29, 0.717) is 21.4 Å². The van der Waals surface area contributed by atoms with Gasteiger partial charge in [-0.15, -0.1) is 0 Å². The smallest absolute Gasteiger partial charge is 0.274 e. The number of pyridine rings is 1. The summed E-state index contributed by atoms with van der Waals surface area (Å²) in [4.78, 5) is 30.2. The number of rotatable bonds is 4. The predicted octanol–water partition coefficient (Wildman–Crippen LogP) is 3.35. The van der Waals surface area contributed by atoms with E-state index in [4.69, 9.17) is 23.2 Å². The van der Waals surface area contributed by atoms with E-state index in [1.54, 1.807) is 41.1 Å². The quantitative estimate of drug-likeness (QED) is 0.758. The van der Waals surface area contributed by atoms with Gasteiger partial charge in [0.2, 0.25) is 5.91 Å². The molecule has 0 atom stereocenters. The maximum absolute atomic E-state index is 12.5. The van der Waals surface area contributed by atoms with Gasteiger partial charge < -0.3 is 14.6 Å². The number of likely N-dealkylation sites (N-methyl/N-ethyl adjacent to an activating group) is 1. The molecule has 1 aromatic carbocycles. The molecule has 3 rings (SSSR count). The van der Waals surface area contributed by atoms with Gasteiger partial charge in [-0.25, -0.2) is 4.98 Å². The van der Waals surface area contributed by atoms with Gasteiger partial charge in [-0.05, 0) is 24.3 Å². The third-order valence-electron chi connectivity index (χ3n) is 3.54. The highest BCUT2D eigenvalue weighted by molar-refractivity contribution is 6.39. The second-order valence-corrected chi connectivity index (χ2v) is 6.21. The van der Waals surface area contributed by atoms with Crippen LogP contribution in [0.25, 0.3) is 5.65 Å². The van der Waals surface area contributed by atoms with Crippen molar-refractivity contribution in [3.05, 3.63) is 64.5 Å². The molecule has 8 heteroatoms. The molecule has 0 saturated carbocycles. The van der Waals surface area contributed by atoms with Crippen LogP contribution in [0.1, 0.15) is 10.5 Å². The van der Waals surface area contributed by atoms with Crippen LogP contribution >= 0.6 is 23.2 Å². The van der Waals surface area contributed by atoms with Crippen molar-refractivity contribution in [3.8, 4) is 0 Å². The highest BCUT2D eigenvalue weighted by Gasteiger charge is 2.19. The molecule has 25 heavy (non-hydrogen) atoms. The van der Waals surface area contributed by atoms with Gasteiger partial charge in [-0.2, -0.15) is 0 Å². The summed E-state index contributed by atoms with van der Waals surface area (Å²) < 4.78 is 1.74. The standard InChI is InChI=1S/C17H14Cl2N4O2/c1-22(10-15(24)21-16-11(18)5-4-6-12(16)19)17(25)13-9-23-8-3-2-7-14(23)20-13/h2-9H,10H2,1H3,(H,21,24). The number of fused-ring (bicyclic) bond motifs is 1. The number of carbonyl (C=O) groups is 2. The van der Waals surface area contributed by atoms with E-state index in [1.807, 2.05) is 12.1 Å². The molecule has 0 fully saturated rings. The molecule has 2 heterocycles. The predicted molar refractivity (Wildman–Crippen MR) is 97.2 cm³/mol. The minimum Gasteiger partial charge on any atom is -0.331 e. The Kier molecular flexibility index (Phi) is 4.92. The summed E-state index contributed by atoms with van der Waals surface area (Å²) in [7, 11) is 1.53. The molecule has 6 nitrogen and oxygen atoms in total. The van der Waals surface area contributed by atoms with E-state index in [1.165, 1.54) is 11.9 Å². The lowest BCUT2D eigenvalue weighted by Gasteiger charge is -2.16. The number of aromatic nitrogens is 2. The minimum absolute atomic E-state index is 0.158. The van der Waals surface area contributed by atoms with Crippen molar-refractivity contribution in [1.82, 2.24) is 14.3 Å². The molecule has 0 aliphatic heterocycles. The van der Waals surface area contributed by atoms with Crippen LogP contribution in [0.4, 0.5) is 5.69 Å². The van der Waals surface area contributed by atoms with E-state index >= 15 is 0 Å². The third-order valence-corrected chi connectivity index (χ3v) is 4.17. The number of anilines is 1. The molecule has 0 radical (unpaired) electrons. The first kappa shape index (κ1) is 17.3. The number of para-hydroxylation sites is 1. The minimum atomic E-state index is -0.408. The Morgan fingerprint density at radius 3 is 2.56 bits per heavy atom. The largest absolute Gasteiger partial charge is 0.331 e. The molecule has 3 aromatic rings. The molecule has 0 saturated heterocycles. The highest BCUT2D eigenvalue weighted by atomic mass is 35.5. The van der Waals surface area contributed by atoms with Gasteiger partial charge in [0.15, 0.2) is 0 Å². The van der Waals surface area contributed by atoms with Gasteiger partial charge in [-0.3, -0.25) is 9.59 Å². The zero-order valence-corrected chi connectivity index (χ0v) is 14.8. The monoisotopic (exact) mass is 376 g/mol. The number of amides is 2. The maximum atomic E-state index is 12.5. The fourth-order valence-corrected chi connectivity index (χ4v) is 2.81. The van der Waals surface area contributed by atoms with Crippen LogP contribution in [-0.4, -0.2) is 39.7 Å². The lowest BCUT2D eigenvalue weighted by molar-refractivity contribution is -0.116. The van der Waals surface area contributed by atoms with Crippen molar-refractivity contribution in [3.63, 3.8) is 0 Å². The Labute approximate surface area is 154 Å². The molecule has 0 aliphatic rings. The zero-order chi connectivity index (χ0) is 18.0. The number of benzene rings is 1. The average molecular weight is 377 g/mol. The molecule has 2 aromatic heterocycles. The van der Waals surface area contributed by atoms with Crippen LogP contribution in [0.3, 0.4) is 0 Å². The Balaban J connectivity index is 1.69. The SMILES string of the molecule is CN(CC(=O)Nc1c(Cl)cccc1Cl)C(=O)c1cn2ccccc2n1. The summed E-state index contributed by atoms with van der Waals surface area (Å²) in [5.41, 5.74) is 1.24. The van der Waals surface area contributed by atoms with Crippen LogP contribution in [0.15, 0.2) is 48.8 Å². The topological polar surface area (TPSA) is 66.7 Å². The summed E-state index contributed by atoms with van der Waals surface area (Å²) >= 11 is 12.0. The fourth-order valence-electron chi connectivity index (χ4n) is 2.32. The second kappa shape index (κ2) is 7.13. The van der Waals surface area contributed by atoms with Crippen molar-refractivity contribution >= 4 is 46.4 Å². The van der Waals surface area contributed by atoms with Gasteiger partial charge in [0.25, 0.3) is 5.91 Å². The van der Waals surface area contributed by atoms with Gasteiger partial charge in [0.05, 0.1) is 22.3 Å². The number of halogens is 2. The molecular formula is C17H14Cl2N4O2. The molecular weight excluding hydrogens is 363 g/mol. The molecule has 0 bridgehead atoms. The zero-order valence-electron chi connectivity index (χ0n) is 13.2. The molecule has 0 aliphatic carbocycles. The molecule has 0 unspecified atom stereocenters. The van der Waals surface area contributed by atoms with E-state index in [2.05, 4.69) is 10.3 Å². The van der Waals surface area contributed by atoms with Crippen LogP contribution in [-0.2, 0) is 4.79 Å². The number of hydrogen-bond acceptors (Lipinski definition) is 3. The highest BCUT2D eigenvalue weighted by Crippen LogP contribution is 2.29. The van der Waals surface area contributed by atoms with E-state index < -0.39 is 5.91 Å². The summed E-state index contributed by atoms with van der Waals surface area (Å²) in [5, 5.41) is 3.28. The molecule has 1 N–H and O–H groups in total. The van der Waals surface area contributed by atoms with Crippen molar-refractivity contribution in [2.45, 2.75) is 0 Å². The van der Waals surface area contributed by atoms with Crippen LogP contribution in [0.5, 0.6) is 0 Å². The first-order valence-corrected chi connectivity index (χ1v) is 8.14. The normalized spacial score (nSPS) is 10.7. The lowest BCUT2D eigenvalue weighted by Crippen LogP contribution is -2.35. The summed E-state index contributed by atoms with van der Waals surface area (Å²) in [6.07, 6.45) is 3.42. The Bertz CT molecular complexity index is 901. The second-order valence-electron chi connectivity index (χ2n) is 5.40. The van der Waals surface area contributed by atoms with Gasteiger partial charge in [0, 0.05) is 19.4 Å². The first-order chi connectivity index (χ1) is 12.0. The van der Waals surface area contributed by atoms with E-state index in [-0.39, 0.29) is 18.1 Å².